The summed E-state index contributed by atoms with van der Waals surface area (Å²) in [6.07, 6.45) is 3.89. The summed E-state index contributed by atoms with van der Waals surface area (Å²) in [5.41, 5.74) is 3.92. The van der Waals surface area contributed by atoms with Gasteiger partial charge < -0.3 is 19.0 Å². The van der Waals surface area contributed by atoms with Crippen LogP contribution in [0.25, 0.3) is 22.0 Å². The van der Waals surface area contributed by atoms with Crippen LogP contribution in [0.3, 0.4) is 0 Å². The normalized spacial score (nSPS) is 16.7. The SMILES string of the molecule is Cn1cncc1C1(O)c2ccc(C#N)c(c2)OCCc2cccc(c2)-c2cc(=O)n(C)c3ccc1cc23. The molecule has 1 aliphatic heterocycles. The van der Waals surface area contributed by atoms with Crippen molar-refractivity contribution in [3.63, 3.8) is 0 Å². The number of rotatable bonds is 1. The Bertz CT molecular complexity index is 1790. The highest BCUT2D eigenvalue weighted by molar-refractivity contribution is 5.95. The minimum absolute atomic E-state index is 0.108. The van der Waals surface area contributed by atoms with Gasteiger partial charge in [0.05, 0.1) is 35.9 Å². The number of aromatic nitrogens is 3. The van der Waals surface area contributed by atoms with Crippen LogP contribution in [-0.2, 0) is 26.1 Å². The Labute approximate surface area is 213 Å². The zero-order chi connectivity index (χ0) is 25.7. The number of nitriles is 1. The van der Waals surface area contributed by atoms with Crippen LogP contribution in [0.1, 0.15) is 27.9 Å². The van der Waals surface area contributed by atoms with Gasteiger partial charge in [0.2, 0.25) is 0 Å². The maximum Gasteiger partial charge on any atom is 0.251 e. The Morgan fingerprint density at radius 2 is 1.86 bits per heavy atom. The molecule has 182 valence electrons. The number of imidazole rings is 1. The lowest BCUT2D eigenvalue weighted by Crippen LogP contribution is -2.31. The van der Waals surface area contributed by atoms with E-state index in [2.05, 4.69) is 17.1 Å². The summed E-state index contributed by atoms with van der Waals surface area (Å²) in [6.45, 7) is 0.350. The van der Waals surface area contributed by atoms with Crippen molar-refractivity contribution in [3.05, 3.63) is 118 Å². The Balaban J connectivity index is 1.75. The molecule has 0 saturated heterocycles. The van der Waals surface area contributed by atoms with Crippen LogP contribution in [-0.4, -0.2) is 25.8 Å². The quantitative estimate of drug-likeness (QED) is 0.385. The topological polar surface area (TPSA) is 93.1 Å². The first-order chi connectivity index (χ1) is 17.9. The molecule has 7 nitrogen and oxygen atoms in total. The second-order valence-electron chi connectivity index (χ2n) is 9.41. The molecule has 3 aromatic carbocycles. The van der Waals surface area contributed by atoms with Crippen molar-refractivity contribution in [1.82, 2.24) is 14.1 Å². The minimum Gasteiger partial charge on any atom is -0.492 e. The van der Waals surface area contributed by atoms with Crippen LogP contribution in [0.2, 0.25) is 0 Å². The van der Waals surface area contributed by atoms with Gasteiger partial charge in [-0.15, -0.1) is 0 Å². The number of aryl methyl sites for hydroxylation is 2. The molecule has 1 unspecified atom stereocenters. The van der Waals surface area contributed by atoms with Gasteiger partial charge in [0.15, 0.2) is 5.60 Å². The van der Waals surface area contributed by atoms with Crippen LogP contribution in [0.15, 0.2) is 84.0 Å². The Kier molecular flexibility index (Phi) is 5.21. The van der Waals surface area contributed by atoms with Gasteiger partial charge in [-0.25, -0.2) is 4.98 Å². The molecule has 2 aromatic heterocycles. The molecule has 37 heavy (non-hydrogen) atoms. The second-order valence-corrected chi connectivity index (χ2v) is 9.41. The molecule has 0 fully saturated rings. The van der Waals surface area contributed by atoms with Crippen LogP contribution in [0.4, 0.5) is 0 Å². The molecule has 1 atom stereocenters. The third-order valence-corrected chi connectivity index (χ3v) is 7.26. The fraction of sp³-hybridized carbons (Fsp3) is 0.167. The lowest BCUT2D eigenvalue weighted by atomic mass is 9.82. The van der Waals surface area contributed by atoms with Crippen molar-refractivity contribution in [1.29, 1.82) is 5.26 Å². The first-order valence-electron chi connectivity index (χ1n) is 12.0. The van der Waals surface area contributed by atoms with Crippen LogP contribution in [0, 0.1) is 11.3 Å². The lowest BCUT2D eigenvalue weighted by Gasteiger charge is -2.31. The molecule has 1 aliphatic rings. The average Bonchev–Trinajstić information content (AvgIpc) is 3.36. The Morgan fingerprint density at radius 3 is 2.65 bits per heavy atom. The molecule has 0 radical (unpaired) electrons. The third-order valence-electron chi connectivity index (χ3n) is 7.26. The highest BCUT2D eigenvalue weighted by atomic mass is 16.5. The number of benzene rings is 3. The van der Waals surface area contributed by atoms with Crippen molar-refractivity contribution < 1.29 is 9.84 Å². The number of fused-ring (bicyclic) bond motifs is 6. The largest absolute Gasteiger partial charge is 0.492 e. The van der Waals surface area contributed by atoms with E-state index in [-0.39, 0.29) is 5.56 Å². The van der Waals surface area contributed by atoms with Gasteiger partial charge in [-0.2, -0.15) is 5.26 Å². The first-order valence-corrected chi connectivity index (χ1v) is 12.0. The van der Waals surface area contributed by atoms with Gasteiger partial charge in [0.25, 0.3) is 5.56 Å². The van der Waals surface area contributed by atoms with E-state index in [1.54, 1.807) is 53.0 Å². The highest BCUT2D eigenvalue weighted by Crippen LogP contribution is 2.41. The zero-order valence-corrected chi connectivity index (χ0v) is 20.5. The third kappa shape index (κ3) is 3.53. The van der Waals surface area contributed by atoms with Crippen LogP contribution >= 0.6 is 0 Å². The van der Waals surface area contributed by atoms with Gasteiger partial charge in [-0.05, 0) is 52.1 Å². The molecular weight excluding hydrogens is 464 g/mol. The van der Waals surface area contributed by atoms with Crippen LogP contribution in [0.5, 0.6) is 5.75 Å². The van der Waals surface area contributed by atoms with E-state index >= 15 is 0 Å². The molecule has 0 aliphatic carbocycles. The van der Waals surface area contributed by atoms with E-state index in [1.165, 1.54) is 0 Å². The van der Waals surface area contributed by atoms with E-state index in [9.17, 15) is 15.2 Å². The maximum absolute atomic E-state index is 12.9. The van der Waals surface area contributed by atoms with E-state index in [0.717, 1.165) is 27.6 Å². The summed E-state index contributed by atoms with van der Waals surface area (Å²) in [7, 11) is 3.58. The summed E-state index contributed by atoms with van der Waals surface area (Å²) in [4.78, 5) is 17.2. The molecule has 0 amide bonds. The molecule has 0 spiro atoms. The average molecular weight is 489 g/mol. The minimum atomic E-state index is -1.61. The van der Waals surface area contributed by atoms with Gasteiger partial charge in [0.1, 0.15) is 11.8 Å². The van der Waals surface area contributed by atoms with E-state index in [0.29, 0.717) is 41.2 Å². The molecule has 5 aromatic rings. The molecule has 6 bridgehead atoms. The zero-order valence-electron chi connectivity index (χ0n) is 20.5. The number of nitrogens with zero attached hydrogens (tertiary/aromatic N) is 4. The number of aliphatic hydroxyl groups is 1. The molecule has 3 heterocycles. The maximum atomic E-state index is 12.9. The molecule has 1 N–H and O–H groups in total. The van der Waals surface area contributed by atoms with Crippen LogP contribution < -0.4 is 10.3 Å². The fourth-order valence-corrected chi connectivity index (χ4v) is 5.23. The predicted octanol–water partition coefficient (Wildman–Crippen LogP) is 4.03. The van der Waals surface area contributed by atoms with E-state index < -0.39 is 5.60 Å². The van der Waals surface area contributed by atoms with Crippen molar-refractivity contribution >= 4 is 10.9 Å². The van der Waals surface area contributed by atoms with E-state index in [1.807, 2.05) is 43.4 Å². The second kappa shape index (κ2) is 8.47. The molecule has 7 heteroatoms. The molecule has 0 saturated carbocycles. The summed E-state index contributed by atoms with van der Waals surface area (Å²) in [6, 6.07) is 22.7. The van der Waals surface area contributed by atoms with Gasteiger partial charge in [-0.1, -0.05) is 36.4 Å². The monoisotopic (exact) mass is 488 g/mol. The summed E-state index contributed by atoms with van der Waals surface area (Å²) >= 11 is 0. The summed E-state index contributed by atoms with van der Waals surface area (Å²) in [5, 5.41) is 23.1. The molecular formula is C30H24N4O3. The van der Waals surface area contributed by atoms with E-state index in [4.69, 9.17) is 4.74 Å². The number of hydrogen-bond acceptors (Lipinski definition) is 5. The molecule has 6 rings (SSSR count). The van der Waals surface area contributed by atoms with Gasteiger partial charge in [-0.3, -0.25) is 4.79 Å². The summed E-state index contributed by atoms with van der Waals surface area (Å²) in [5.74, 6) is 0.415. The van der Waals surface area contributed by atoms with Crippen molar-refractivity contribution in [2.24, 2.45) is 14.1 Å². The predicted molar refractivity (Wildman–Crippen MR) is 140 cm³/mol. The van der Waals surface area contributed by atoms with Gasteiger partial charge >= 0.3 is 0 Å². The van der Waals surface area contributed by atoms with Gasteiger partial charge in [0, 0.05) is 32.0 Å². The Morgan fingerprint density at radius 1 is 1.05 bits per heavy atom. The standard InChI is InChI=1S/C30H24N4O3/c1-33-18-32-17-28(33)30(36)22-8-9-26-25(13-22)24(15-29(35)34(26)2)20-5-3-4-19(12-20)10-11-37-27-14-23(30)7-6-21(27)16-31/h3-9,12-15,17-18,36H,10-11H2,1-2H3. The fourth-order valence-electron chi connectivity index (χ4n) is 5.23. The lowest BCUT2D eigenvalue weighted by molar-refractivity contribution is 0.117. The van der Waals surface area contributed by atoms with Crippen molar-refractivity contribution in [2.75, 3.05) is 6.61 Å². The number of ether oxygens (including phenoxy) is 1. The highest BCUT2D eigenvalue weighted by Gasteiger charge is 2.37. The van der Waals surface area contributed by atoms with Crippen molar-refractivity contribution in [2.45, 2.75) is 12.0 Å². The smallest absolute Gasteiger partial charge is 0.251 e. The summed E-state index contributed by atoms with van der Waals surface area (Å²) < 4.78 is 9.48. The Hall–Kier alpha value is -4.67. The first kappa shape index (κ1) is 22.8. The number of pyridine rings is 1. The van der Waals surface area contributed by atoms with Crippen molar-refractivity contribution in [3.8, 4) is 22.9 Å². The number of hydrogen-bond donors (Lipinski definition) is 1.